The number of carbonyl (C=O) groups is 2. The van der Waals surface area contributed by atoms with Crippen molar-refractivity contribution >= 4 is 17.5 Å². The van der Waals surface area contributed by atoms with E-state index >= 15 is 0 Å². The first-order valence-corrected chi connectivity index (χ1v) is 10.1. The summed E-state index contributed by atoms with van der Waals surface area (Å²) in [4.78, 5) is 27.7. The maximum Gasteiger partial charge on any atom is 0.265 e. The normalized spacial score (nSPS) is 15.4. The van der Waals surface area contributed by atoms with Crippen molar-refractivity contribution < 1.29 is 14.3 Å². The van der Waals surface area contributed by atoms with Crippen molar-refractivity contribution in [1.29, 1.82) is 0 Å². The molecule has 28 heavy (non-hydrogen) atoms. The van der Waals surface area contributed by atoms with Gasteiger partial charge < -0.3 is 15.0 Å². The second-order valence-electron chi connectivity index (χ2n) is 7.07. The smallest absolute Gasteiger partial charge is 0.265 e. The number of anilines is 1. The summed E-state index contributed by atoms with van der Waals surface area (Å²) in [6, 6.07) is 16.5. The molecule has 0 saturated carbocycles. The van der Waals surface area contributed by atoms with Gasteiger partial charge in [0.15, 0.2) is 6.10 Å². The molecule has 2 aromatic carbocycles. The first-order valence-electron chi connectivity index (χ1n) is 10.1. The van der Waals surface area contributed by atoms with Gasteiger partial charge >= 0.3 is 0 Å². The van der Waals surface area contributed by atoms with Crippen molar-refractivity contribution in [2.24, 2.45) is 0 Å². The van der Waals surface area contributed by atoms with Crippen LogP contribution in [0.4, 0.5) is 5.69 Å². The molecule has 1 aliphatic rings. The van der Waals surface area contributed by atoms with E-state index in [4.69, 9.17) is 4.74 Å². The number of carbonyl (C=O) groups excluding carboxylic acids is 2. The molecular weight excluding hydrogens is 352 g/mol. The van der Waals surface area contributed by atoms with Crippen LogP contribution in [0.5, 0.6) is 5.75 Å². The third-order valence-corrected chi connectivity index (χ3v) is 4.99. The molecule has 1 N–H and O–H groups in total. The van der Waals surface area contributed by atoms with Gasteiger partial charge in [-0.15, -0.1) is 0 Å². The quantitative estimate of drug-likeness (QED) is 0.803. The first-order chi connectivity index (χ1) is 13.7. The minimum absolute atomic E-state index is 0.0187. The standard InChI is InChI=1S/C23H28N2O3/c1-2-21(28-18-12-6-5-7-13-18)22(26)24-20-15-9-8-14-19(20)23(27)25-16-10-3-4-11-17-25/h5-9,12-15,21H,2-4,10-11,16-17H2,1H3,(H,24,26)/t21-/m0/s1. The largest absolute Gasteiger partial charge is 0.481 e. The zero-order valence-corrected chi connectivity index (χ0v) is 16.4. The van der Waals surface area contributed by atoms with Crippen LogP contribution in [0.3, 0.4) is 0 Å². The van der Waals surface area contributed by atoms with Gasteiger partial charge in [-0.3, -0.25) is 9.59 Å². The molecular formula is C23H28N2O3. The van der Waals surface area contributed by atoms with Crippen LogP contribution in [0.1, 0.15) is 49.4 Å². The maximum atomic E-state index is 13.0. The lowest BCUT2D eigenvalue weighted by Gasteiger charge is -2.23. The minimum Gasteiger partial charge on any atom is -0.481 e. The number of hydrogen-bond acceptors (Lipinski definition) is 3. The summed E-state index contributed by atoms with van der Waals surface area (Å²) in [7, 11) is 0. The number of nitrogens with one attached hydrogen (secondary N) is 1. The Bertz CT molecular complexity index is 783. The van der Waals surface area contributed by atoms with E-state index in [0.717, 1.165) is 38.8 Å². The summed E-state index contributed by atoms with van der Waals surface area (Å²) in [6.45, 7) is 3.45. The predicted octanol–water partition coefficient (Wildman–Crippen LogP) is 4.50. The molecule has 0 unspecified atom stereocenters. The number of likely N-dealkylation sites (tertiary alicyclic amines) is 1. The van der Waals surface area contributed by atoms with Crippen LogP contribution in [0.15, 0.2) is 54.6 Å². The number of nitrogens with zero attached hydrogens (tertiary/aromatic N) is 1. The molecule has 148 valence electrons. The molecule has 0 spiro atoms. The van der Waals surface area contributed by atoms with E-state index in [1.165, 1.54) is 0 Å². The average Bonchev–Trinajstić information content (AvgIpc) is 3.02. The maximum absolute atomic E-state index is 13.0. The van der Waals surface area contributed by atoms with E-state index in [-0.39, 0.29) is 11.8 Å². The summed E-state index contributed by atoms with van der Waals surface area (Å²) >= 11 is 0. The molecule has 1 fully saturated rings. The SMILES string of the molecule is CC[C@H](Oc1ccccc1)C(=O)Nc1ccccc1C(=O)N1CCCCCC1. The minimum atomic E-state index is -0.622. The van der Waals surface area contributed by atoms with E-state index in [9.17, 15) is 9.59 Å². The Morgan fingerprint density at radius 2 is 1.61 bits per heavy atom. The van der Waals surface area contributed by atoms with Crippen molar-refractivity contribution in [3.8, 4) is 5.75 Å². The highest BCUT2D eigenvalue weighted by Crippen LogP contribution is 2.21. The van der Waals surface area contributed by atoms with Gasteiger partial charge in [0.2, 0.25) is 0 Å². The molecule has 3 rings (SSSR count). The molecule has 1 saturated heterocycles. The van der Waals surface area contributed by atoms with Crippen molar-refractivity contribution in [3.63, 3.8) is 0 Å². The monoisotopic (exact) mass is 380 g/mol. The Kier molecular flexibility index (Phi) is 7.06. The Morgan fingerprint density at radius 1 is 0.964 bits per heavy atom. The highest BCUT2D eigenvalue weighted by atomic mass is 16.5. The molecule has 1 atom stereocenters. The zero-order valence-electron chi connectivity index (χ0n) is 16.4. The third kappa shape index (κ3) is 5.12. The molecule has 1 heterocycles. The Labute approximate surface area is 166 Å². The lowest BCUT2D eigenvalue weighted by Crippen LogP contribution is -2.35. The molecule has 5 nitrogen and oxygen atoms in total. The Balaban J connectivity index is 1.72. The predicted molar refractivity (Wildman–Crippen MR) is 111 cm³/mol. The number of benzene rings is 2. The van der Waals surface area contributed by atoms with Gasteiger partial charge in [-0.05, 0) is 43.5 Å². The van der Waals surface area contributed by atoms with Crippen LogP contribution in [-0.4, -0.2) is 35.9 Å². The lowest BCUT2D eigenvalue weighted by atomic mass is 10.1. The summed E-state index contributed by atoms with van der Waals surface area (Å²) in [5, 5.41) is 2.91. The molecule has 0 aromatic heterocycles. The van der Waals surface area contributed by atoms with Crippen LogP contribution in [0, 0.1) is 0 Å². The lowest BCUT2D eigenvalue weighted by molar-refractivity contribution is -0.122. The molecule has 1 aliphatic heterocycles. The van der Waals surface area contributed by atoms with Gasteiger partial charge in [-0.2, -0.15) is 0 Å². The number of hydrogen-bond donors (Lipinski definition) is 1. The fraction of sp³-hybridized carbons (Fsp3) is 0.391. The molecule has 5 heteroatoms. The molecule has 2 amide bonds. The summed E-state index contributed by atoms with van der Waals surface area (Å²) in [6.07, 6.45) is 4.30. The topological polar surface area (TPSA) is 58.6 Å². The number of amides is 2. The van der Waals surface area contributed by atoms with Crippen molar-refractivity contribution in [3.05, 3.63) is 60.2 Å². The Morgan fingerprint density at radius 3 is 2.29 bits per heavy atom. The van der Waals surface area contributed by atoms with Crippen LogP contribution < -0.4 is 10.1 Å². The number of ether oxygens (including phenoxy) is 1. The number of rotatable bonds is 6. The van der Waals surface area contributed by atoms with E-state index in [1.54, 1.807) is 12.1 Å². The van der Waals surface area contributed by atoms with Crippen molar-refractivity contribution in [2.75, 3.05) is 18.4 Å². The zero-order chi connectivity index (χ0) is 19.8. The van der Waals surface area contributed by atoms with Gasteiger partial charge in [-0.25, -0.2) is 0 Å². The number of para-hydroxylation sites is 2. The van der Waals surface area contributed by atoms with E-state index < -0.39 is 6.10 Å². The molecule has 2 aromatic rings. The van der Waals surface area contributed by atoms with Crippen molar-refractivity contribution in [1.82, 2.24) is 4.90 Å². The highest BCUT2D eigenvalue weighted by Gasteiger charge is 2.23. The third-order valence-electron chi connectivity index (χ3n) is 4.99. The van der Waals surface area contributed by atoms with Gasteiger partial charge in [0.25, 0.3) is 11.8 Å². The van der Waals surface area contributed by atoms with Crippen molar-refractivity contribution in [2.45, 2.75) is 45.1 Å². The van der Waals surface area contributed by atoms with E-state index in [1.807, 2.05) is 54.3 Å². The average molecular weight is 380 g/mol. The van der Waals surface area contributed by atoms with Gasteiger partial charge in [0.1, 0.15) is 5.75 Å². The van der Waals surface area contributed by atoms with Crippen LogP contribution in [-0.2, 0) is 4.79 Å². The second-order valence-corrected chi connectivity index (χ2v) is 7.07. The van der Waals surface area contributed by atoms with Gasteiger partial charge in [-0.1, -0.05) is 50.1 Å². The van der Waals surface area contributed by atoms with Gasteiger partial charge in [0.05, 0.1) is 11.3 Å². The summed E-state index contributed by atoms with van der Waals surface area (Å²) in [5.41, 5.74) is 1.07. The fourth-order valence-electron chi connectivity index (χ4n) is 3.42. The van der Waals surface area contributed by atoms with Gasteiger partial charge in [0, 0.05) is 13.1 Å². The van der Waals surface area contributed by atoms with Crippen LogP contribution in [0.25, 0.3) is 0 Å². The van der Waals surface area contributed by atoms with Crippen LogP contribution >= 0.6 is 0 Å². The van der Waals surface area contributed by atoms with E-state index in [0.29, 0.717) is 23.4 Å². The summed E-state index contributed by atoms with van der Waals surface area (Å²) < 4.78 is 5.82. The molecule has 0 aliphatic carbocycles. The van der Waals surface area contributed by atoms with E-state index in [2.05, 4.69) is 5.32 Å². The van der Waals surface area contributed by atoms with Crippen LogP contribution in [0.2, 0.25) is 0 Å². The fourth-order valence-corrected chi connectivity index (χ4v) is 3.42. The Hall–Kier alpha value is -2.82. The second kappa shape index (κ2) is 9.93. The molecule has 0 radical (unpaired) electrons. The summed E-state index contributed by atoms with van der Waals surface area (Å²) in [5.74, 6) is 0.385. The first kappa shape index (κ1) is 19.9. The molecule has 0 bridgehead atoms. The highest BCUT2D eigenvalue weighted by molar-refractivity contribution is 6.04.